The number of hydrogen-bond donors (Lipinski definition) is 3. The minimum atomic E-state index is -0.814. The van der Waals surface area contributed by atoms with E-state index in [4.69, 9.17) is 14.6 Å². The predicted octanol–water partition coefficient (Wildman–Crippen LogP) is 2.78. The minimum absolute atomic E-state index is 0.00325. The molecule has 0 saturated heterocycles. The van der Waals surface area contributed by atoms with E-state index in [1.165, 1.54) is 0 Å². The monoisotopic (exact) mass is 390 g/mol. The zero-order valence-corrected chi connectivity index (χ0v) is 16.1. The van der Waals surface area contributed by atoms with E-state index in [0.717, 1.165) is 19.3 Å². The van der Waals surface area contributed by atoms with Gasteiger partial charge in [-0.3, -0.25) is 4.79 Å². The highest BCUT2D eigenvalue weighted by atomic mass is 16.5. The number of rotatable bonds is 10. The predicted molar refractivity (Wildman–Crippen MR) is 104 cm³/mol. The summed E-state index contributed by atoms with van der Waals surface area (Å²) < 4.78 is 11.4. The standard InChI is InChI=1S/C22H30O6/c23-18(15-28-19-5-2-1-3-6-19)11-10-16-8-9-17-13-20(14-22(16,17)26)27-12-4-7-21(24)25/h1-3,5-6,10-11,16-18,20,23,26H,4,7-9,12-15H2,(H,24,25)/t16-,17-,18?,20?,22-/m1/s1. The quantitative estimate of drug-likeness (QED) is 0.420. The lowest BCUT2D eigenvalue weighted by Crippen LogP contribution is -2.35. The average Bonchev–Trinajstić information content (AvgIpc) is 3.15. The zero-order chi connectivity index (χ0) is 20.0. The van der Waals surface area contributed by atoms with Crippen LogP contribution < -0.4 is 4.74 Å². The summed E-state index contributed by atoms with van der Waals surface area (Å²) in [7, 11) is 0. The first-order chi connectivity index (χ1) is 13.5. The number of aliphatic carboxylic acids is 1. The number of para-hydroxylation sites is 1. The first-order valence-electron chi connectivity index (χ1n) is 10.1. The Balaban J connectivity index is 1.45. The molecule has 0 aromatic heterocycles. The van der Waals surface area contributed by atoms with E-state index in [1.807, 2.05) is 36.4 Å². The molecule has 0 spiro atoms. The lowest BCUT2D eigenvalue weighted by atomic mass is 9.86. The van der Waals surface area contributed by atoms with Crippen LogP contribution in [0.2, 0.25) is 0 Å². The largest absolute Gasteiger partial charge is 0.491 e. The number of ether oxygens (including phenoxy) is 2. The van der Waals surface area contributed by atoms with Crippen LogP contribution in [0.15, 0.2) is 42.5 Å². The van der Waals surface area contributed by atoms with Crippen LogP contribution in [0.25, 0.3) is 0 Å². The Hall–Kier alpha value is -1.89. The van der Waals surface area contributed by atoms with Crippen molar-refractivity contribution in [3.05, 3.63) is 42.5 Å². The summed E-state index contributed by atoms with van der Waals surface area (Å²) in [6.45, 7) is 0.584. The van der Waals surface area contributed by atoms with Crippen molar-refractivity contribution in [1.29, 1.82) is 0 Å². The van der Waals surface area contributed by atoms with Gasteiger partial charge in [0.05, 0.1) is 11.7 Å². The normalized spacial score (nSPS) is 30.4. The van der Waals surface area contributed by atoms with Gasteiger partial charge in [0.1, 0.15) is 18.5 Å². The molecule has 0 aliphatic heterocycles. The molecule has 2 fully saturated rings. The summed E-state index contributed by atoms with van der Waals surface area (Å²) >= 11 is 0. The molecule has 6 heteroatoms. The van der Waals surface area contributed by atoms with E-state index in [1.54, 1.807) is 6.08 Å². The Morgan fingerprint density at radius 1 is 1.29 bits per heavy atom. The van der Waals surface area contributed by atoms with Gasteiger partial charge in [0.2, 0.25) is 0 Å². The van der Waals surface area contributed by atoms with Crippen molar-refractivity contribution in [2.45, 2.75) is 56.3 Å². The van der Waals surface area contributed by atoms with Crippen LogP contribution in [-0.4, -0.2) is 52.3 Å². The average molecular weight is 390 g/mol. The lowest BCUT2D eigenvalue weighted by molar-refractivity contribution is -0.137. The number of aliphatic hydroxyl groups is 2. The second-order valence-corrected chi connectivity index (χ2v) is 7.88. The van der Waals surface area contributed by atoms with E-state index in [9.17, 15) is 15.0 Å². The van der Waals surface area contributed by atoms with Gasteiger partial charge in [-0.1, -0.05) is 30.4 Å². The third-order valence-corrected chi connectivity index (χ3v) is 5.90. The van der Waals surface area contributed by atoms with Crippen molar-refractivity contribution in [2.24, 2.45) is 11.8 Å². The Labute approximate surface area is 165 Å². The number of carboxylic acid groups (broad SMARTS) is 1. The van der Waals surface area contributed by atoms with Crippen molar-refractivity contribution < 1.29 is 29.6 Å². The molecule has 3 rings (SSSR count). The molecule has 2 unspecified atom stereocenters. The van der Waals surface area contributed by atoms with Crippen LogP contribution in [0.5, 0.6) is 5.75 Å². The molecule has 0 amide bonds. The zero-order valence-electron chi connectivity index (χ0n) is 16.1. The summed E-state index contributed by atoms with van der Waals surface area (Å²) in [4.78, 5) is 10.6. The summed E-state index contributed by atoms with van der Waals surface area (Å²) in [5.41, 5.74) is -0.798. The van der Waals surface area contributed by atoms with E-state index in [2.05, 4.69) is 0 Å². The van der Waals surface area contributed by atoms with E-state index in [0.29, 0.717) is 25.2 Å². The molecular weight excluding hydrogens is 360 g/mol. The third kappa shape index (κ3) is 5.34. The van der Waals surface area contributed by atoms with Crippen LogP contribution in [-0.2, 0) is 9.53 Å². The number of hydrogen-bond acceptors (Lipinski definition) is 5. The Morgan fingerprint density at radius 2 is 2.07 bits per heavy atom. The summed E-state index contributed by atoms with van der Waals surface area (Å²) in [6.07, 6.45) is 6.71. The number of benzene rings is 1. The molecular formula is C22H30O6. The van der Waals surface area contributed by atoms with Gasteiger partial charge in [0, 0.05) is 25.4 Å². The lowest BCUT2D eigenvalue weighted by Gasteiger charge is -2.28. The molecule has 2 aliphatic carbocycles. The number of carboxylic acids is 1. The molecule has 0 heterocycles. The highest BCUT2D eigenvalue weighted by molar-refractivity contribution is 5.66. The Bertz CT molecular complexity index is 660. The topological polar surface area (TPSA) is 96.2 Å². The molecule has 2 aliphatic rings. The summed E-state index contributed by atoms with van der Waals surface area (Å²) in [5, 5.41) is 30.0. The molecule has 6 nitrogen and oxygen atoms in total. The molecule has 3 N–H and O–H groups in total. The fourth-order valence-electron chi connectivity index (χ4n) is 4.47. The maximum Gasteiger partial charge on any atom is 0.303 e. The van der Waals surface area contributed by atoms with Gasteiger partial charge in [0.25, 0.3) is 0 Å². The molecule has 154 valence electrons. The van der Waals surface area contributed by atoms with Crippen LogP contribution in [0.1, 0.15) is 38.5 Å². The van der Waals surface area contributed by atoms with Crippen molar-refractivity contribution in [2.75, 3.05) is 13.2 Å². The van der Waals surface area contributed by atoms with Gasteiger partial charge in [-0.15, -0.1) is 0 Å². The molecule has 2 saturated carbocycles. The molecule has 5 atom stereocenters. The molecule has 0 bridgehead atoms. The maximum atomic E-state index is 11.2. The van der Waals surface area contributed by atoms with Crippen molar-refractivity contribution in [3.8, 4) is 5.75 Å². The van der Waals surface area contributed by atoms with Gasteiger partial charge < -0.3 is 24.8 Å². The van der Waals surface area contributed by atoms with Gasteiger partial charge >= 0.3 is 5.97 Å². The van der Waals surface area contributed by atoms with Gasteiger partial charge in [-0.05, 0) is 43.7 Å². The Kier molecular flexibility index (Phi) is 7.10. The number of aliphatic hydroxyl groups excluding tert-OH is 1. The molecule has 1 aromatic carbocycles. The molecule has 1 aromatic rings. The first kappa shape index (κ1) is 20.8. The maximum absolute atomic E-state index is 11.2. The highest BCUT2D eigenvalue weighted by Gasteiger charge is 2.54. The van der Waals surface area contributed by atoms with E-state index >= 15 is 0 Å². The highest BCUT2D eigenvalue weighted by Crippen LogP contribution is 2.52. The summed E-state index contributed by atoms with van der Waals surface area (Å²) in [6, 6.07) is 9.36. The van der Waals surface area contributed by atoms with Crippen molar-refractivity contribution in [3.63, 3.8) is 0 Å². The van der Waals surface area contributed by atoms with Gasteiger partial charge in [0.15, 0.2) is 0 Å². The number of carbonyl (C=O) groups is 1. The van der Waals surface area contributed by atoms with Crippen LogP contribution in [0.4, 0.5) is 0 Å². The fourth-order valence-corrected chi connectivity index (χ4v) is 4.47. The Morgan fingerprint density at radius 3 is 2.82 bits per heavy atom. The van der Waals surface area contributed by atoms with E-state index < -0.39 is 17.7 Å². The van der Waals surface area contributed by atoms with E-state index in [-0.39, 0.29) is 31.0 Å². The van der Waals surface area contributed by atoms with Crippen LogP contribution >= 0.6 is 0 Å². The summed E-state index contributed by atoms with van der Waals surface area (Å²) in [5.74, 6) is 0.0968. The van der Waals surface area contributed by atoms with Crippen LogP contribution in [0, 0.1) is 11.8 Å². The number of fused-ring (bicyclic) bond motifs is 1. The first-order valence-corrected chi connectivity index (χ1v) is 10.1. The second kappa shape index (κ2) is 9.54. The second-order valence-electron chi connectivity index (χ2n) is 7.88. The third-order valence-electron chi connectivity index (χ3n) is 5.90. The smallest absolute Gasteiger partial charge is 0.303 e. The molecule has 0 radical (unpaired) electrons. The SMILES string of the molecule is O=C(O)CCCOC1C[C@H]2CC[C@H](C=CC(O)COc3ccccc3)[C@]2(O)C1. The van der Waals surface area contributed by atoms with Crippen LogP contribution in [0.3, 0.4) is 0 Å². The minimum Gasteiger partial charge on any atom is -0.491 e. The van der Waals surface area contributed by atoms with Gasteiger partial charge in [-0.25, -0.2) is 0 Å². The molecule has 28 heavy (non-hydrogen) atoms. The van der Waals surface area contributed by atoms with Crippen molar-refractivity contribution in [1.82, 2.24) is 0 Å². The fraction of sp³-hybridized carbons (Fsp3) is 0.591. The van der Waals surface area contributed by atoms with Crippen molar-refractivity contribution >= 4 is 5.97 Å². The van der Waals surface area contributed by atoms with Gasteiger partial charge in [-0.2, -0.15) is 0 Å².